The monoisotopic (exact) mass is 451 g/mol. The second-order valence-electron chi connectivity index (χ2n) is 8.46. The number of rotatable bonds is 12. The van der Waals surface area contributed by atoms with E-state index in [2.05, 4.69) is 33.7 Å². The Hall–Kier alpha value is -2.87. The summed E-state index contributed by atoms with van der Waals surface area (Å²) in [5, 5.41) is 15.1. The van der Waals surface area contributed by atoms with Gasteiger partial charge in [0, 0.05) is 31.7 Å². The van der Waals surface area contributed by atoms with Gasteiger partial charge in [-0.15, -0.1) is 6.58 Å². The Bertz CT molecular complexity index is 965. The van der Waals surface area contributed by atoms with Gasteiger partial charge in [0.25, 0.3) is 0 Å². The van der Waals surface area contributed by atoms with Crippen LogP contribution in [0.1, 0.15) is 30.6 Å². The number of aromatic nitrogens is 1. The van der Waals surface area contributed by atoms with Gasteiger partial charge >= 0.3 is 0 Å². The zero-order valence-corrected chi connectivity index (χ0v) is 19.1. The predicted molar refractivity (Wildman–Crippen MR) is 128 cm³/mol. The molecule has 0 spiro atoms. The van der Waals surface area contributed by atoms with Gasteiger partial charge in [-0.3, -0.25) is 4.90 Å². The lowest BCUT2D eigenvalue weighted by Gasteiger charge is -2.29. The van der Waals surface area contributed by atoms with Gasteiger partial charge < -0.3 is 23.7 Å². The van der Waals surface area contributed by atoms with Crippen molar-refractivity contribution in [3.05, 3.63) is 72.7 Å². The highest BCUT2D eigenvalue weighted by Gasteiger charge is 2.26. The second-order valence-corrected chi connectivity index (χ2v) is 8.46. The second kappa shape index (κ2) is 11.8. The molecule has 0 amide bonds. The van der Waals surface area contributed by atoms with Gasteiger partial charge in [0.1, 0.15) is 11.5 Å². The molecule has 0 aliphatic carbocycles. The van der Waals surface area contributed by atoms with Crippen LogP contribution in [-0.2, 0) is 17.8 Å². The summed E-state index contributed by atoms with van der Waals surface area (Å²) < 4.78 is 17.0. The number of furan rings is 1. The van der Waals surface area contributed by atoms with Crippen molar-refractivity contribution in [1.29, 1.82) is 0 Å². The van der Waals surface area contributed by atoms with Crippen molar-refractivity contribution in [1.82, 2.24) is 10.1 Å². The number of hydrogen-bond donors (Lipinski definition) is 1. The molecule has 1 saturated heterocycles. The summed E-state index contributed by atoms with van der Waals surface area (Å²) in [5.41, 5.74) is 2.90. The minimum atomic E-state index is -0.640. The third-order valence-corrected chi connectivity index (χ3v) is 5.81. The average Bonchev–Trinajstić information content (AvgIpc) is 3.50. The van der Waals surface area contributed by atoms with E-state index in [4.69, 9.17) is 13.7 Å². The van der Waals surface area contributed by atoms with Gasteiger partial charge in [-0.1, -0.05) is 41.6 Å². The number of aliphatic hydroxyl groups excluding tert-OH is 1. The maximum atomic E-state index is 10.6. The highest BCUT2D eigenvalue weighted by molar-refractivity contribution is 5.68. The topological polar surface area (TPSA) is 75.1 Å². The molecule has 4 rings (SSSR count). The molecular formula is C26H33N3O4. The van der Waals surface area contributed by atoms with Crippen molar-refractivity contribution in [2.24, 2.45) is 0 Å². The molecule has 7 nitrogen and oxygen atoms in total. The Morgan fingerprint density at radius 1 is 1.12 bits per heavy atom. The van der Waals surface area contributed by atoms with Crippen LogP contribution in [0.3, 0.4) is 0 Å². The normalized spacial score (nSPS) is 15.2. The fourth-order valence-corrected chi connectivity index (χ4v) is 4.28. The molecular weight excluding hydrogens is 418 g/mol. The lowest BCUT2D eigenvalue weighted by atomic mass is 10.1. The van der Waals surface area contributed by atoms with Crippen LogP contribution in [0.5, 0.6) is 0 Å². The largest absolute Gasteiger partial charge is 0.468 e. The molecule has 3 heterocycles. The summed E-state index contributed by atoms with van der Waals surface area (Å²) in [6.07, 6.45) is 6.25. The Balaban J connectivity index is 1.61. The van der Waals surface area contributed by atoms with Gasteiger partial charge in [-0.2, -0.15) is 0 Å². The molecule has 2 aromatic heterocycles. The minimum Gasteiger partial charge on any atom is -0.468 e. The van der Waals surface area contributed by atoms with Crippen molar-refractivity contribution < 1.29 is 18.8 Å². The van der Waals surface area contributed by atoms with Gasteiger partial charge in [0.2, 0.25) is 5.88 Å². The standard InChI is InChI=1S/C26H33N3O4/c1-2-15-31-20-22(30)17-28(18-23-12-9-16-32-23)19-24-25(21-10-5-3-6-11-21)27-33-26(24)29-13-7-4-8-14-29/h2-3,5-6,9-12,16,22,30H,1,4,7-8,13-15,17-20H2. The number of piperidine rings is 1. The van der Waals surface area contributed by atoms with Crippen molar-refractivity contribution in [2.75, 3.05) is 37.7 Å². The smallest absolute Gasteiger partial charge is 0.232 e. The summed E-state index contributed by atoms with van der Waals surface area (Å²) in [5.74, 6) is 1.67. The van der Waals surface area contributed by atoms with E-state index >= 15 is 0 Å². The van der Waals surface area contributed by atoms with Gasteiger partial charge in [0.05, 0.1) is 37.7 Å². The molecule has 1 atom stereocenters. The number of benzene rings is 1. The predicted octanol–water partition coefficient (Wildman–Crippen LogP) is 4.49. The zero-order valence-electron chi connectivity index (χ0n) is 19.1. The first-order valence-electron chi connectivity index (χ1n) is 11.6. The lowest BCUT2D eigenvalue weighted by molar-refractivity contribution is 0.0216. The minimum absolute atomic E-state index is 0.245. The van der Waals surface area contributed by atoms with E-state index in [0.717, 1.165) is 54.4 Å². The first-order chi connectivity index (χ1) is 16.2. The van der Waals surface area contributed by atoms with E-state index in [-0.39, 0.29) is 6.61 Å². The van der Waals surface area contributed by atoms with Crippen LogP contribution < -0.4 is 4.90 Å². The van der Waals surface area contributed by atoms with E-state index in [0.29, 0.717) is 26.2 Å². The first kappa shape index (κ1) is 23.3. The zero-order chi connectivity index (χ0) is 22.9. The maximum Gasteiger partial charge on any atom is 0.232 e. The van der Waals surface area contributed by atoms with Crippen molar-refractivity contribution >= 4 is 5.88 Å². The molecule has 1 aromatic carbocycles. The Labute approximate surface area is 195 Å². The van der Waals surface area contributed by atoms with Gasteiger partial charge in [-0.05, 0) is 31.4 Å². The molecule has 1 aliphatic rings. The Kier molecular flexibility index (Phi) is 8.35. The molecule has 3 aromatic rings. The molecule has 0 bridgehead atoms. The van der Waals surface area contributed by atoms with Crippen LogP contribution in [0.4, 0.5) is 5.88 Å². The van der Waals surface area contributed by atoms with Crippen LogP contribution in [0.15, 0.2) is 70.3 Å². The van der Waals surface area contributed by atoms with Gasteiger partial charge in [0.15, 0.2) is 0 Å². The van der Waals surface area contributed by atoms with E-state index in [9.17, 15) is 5.11 Å². The SMILES string of the molecule is C=CCOCC(O)CN(Cc1ccco1)Cc1c(-c2ccccc2)noc1N1CCCCC1. The summed E-state index contributed by atoms with van der Waals surface area (Å²) >= 11 is 0. The van der Waals surface area contributed by atoms with Crippen molar-refractivity contribution in [3.8, 4) is 11.3 Å². The van der Waals surface area contributed by atoms with Crippen LogP contribution >= 0.6 is 0 Å². The summed E-state index contributed by atoms with van der Waals surface area (Å²) in [4.78, 5) is 4.46. The Morgan fingerprint density at radius 2 is 1.94 bits per heavy atom. The van der Waals surface area contributed by atoms with Gasteiger partial charge in [-0.25, -0.2) is 0 Å². The maximum absolute atomic E-state index is 10.6. The summed E-state index contributed by atoms with van der Waals surface area (Å²) in [7, 11) is 0. The Morgan fingerprint density at radius 3 is 2.67 bits per heavy atom. The number of hydrogen-bond acceptors (Lipinski definition) is 7. The van der Waals surface area contributed by atoms with E-state index in [1.807, 2.05) is 30.3 Å². The van der Waals surface area contributed by atoms with E-state index < -0.39 is 6.10 Å². The first-order valence-corrected chi connectivity index (χ1v) is 11.6. The van der Waals surface area contributed by atoms with E-state index in [1.165, 1.54) is 6.42 Å². The summed E-state index contributed by atoms with van der Waals surface area (Å²) in [6.45, 7) is 7.80. The molecule has 1 unspecified atom stereocenters. The molecule has 176 valence electrons. The molecule has 0 radical (unpaired) electrons. The third kappa shape index (κ3) is 6.35. The summed E-state index contributed by atoms with van der Waals surface area (Å²) in [6, 6.07) is 13.9. The van der Waals surface area contributed by atoms with Crippen LogP contribution in [-0.4, -0.2) is 54.1 Å². The fraction of sp³-hybridized carbons (Fsp3) is 0.423. The number of anilines is 1. The molecule has 33 heavy (non-hydrogen) atoms. The lowest BCUT2D eigenvalue weighted by Crippen LogP contribution is -2.35. The number of nitrogens with zero attached hydrogens (tertiary/aromatic N) is 3. The van der Waals surface area contributed by atoms with Crippen molar-refractivity contribution in [3.63, 3.8) is 0 Å². The molecule has 7 heteroatoms. The fourth-order valence-electron chi connectivity index (χ4n) is 4.28. The van der Waals surface area contributed by atoms with Crippen LogP contribution in [0.2, 0.25) is 0 Å². The molecule has 1 aliphatic heterocycles. The molecule has 0 saturated carbocycles. The molecule has 1 fully saturated rings. The molecule has 1 N–H and O–H groups in total. The quantitative estimate of drug-likeness (QED) is 0.321. The van der Waals surface area contributed by atoms with Crippen molar-refractivity contribution in [2.45, 2.75) is 38.5 Å². The average molecular weight is 452 g/mol. The number of aliphatic hydroxyl groups is 1. The highest BCUT2D eigenvalue weighted by Crippen LogP contribution is 2.34. The van der Waals surface area contributed by atoms with Crippen LogP contribution in [0.25, 0.3) is 11.3 Å². The third-order valence-electron chi connectivity index (χ3n) is 5.81. The van der Waals surface area contributed by atoms with Crippen LogP contribution in [0, 0.1) is 0 Å². The number of ether oxygens (including phenoxy) is 1. The highest BCUT2D eigenvalue weighted by atomic mass is 16.5. The van der Waals surface area contributed by atoms with E-state index in [1.54, 1.807) is 12.3 Å².